The number of halogens is 3. The van der Waals surface area contributed by atoms with Crippen LogP contribution < -0.4 is 4.72 Å². The van der Waals surface area contributed by atoms with Gasteiger partial charge < -0.3 is 0 Å². The van der Waals surface area contributed by atoms with Gasteiger partial charge >= 0.3 is 0 Å². The van der Waals surface area contributed by atoms with Crippen LogP contribution >= 0.6 is 39.1 Å². The van der Waals surface area contributed by atoms with E-state index in [1.54, 1.807) is 0 Å². The summed E-state index contributed by atoms with van der Waals surface area (Å²) in [5.74, 6) is 0. The van der Waals surface area contributed by atoms with Crippen LogP contribution in [0.1, 0.15) is 32.1 Å². The van der Waals surface area contributed by atoms with Crippen molar-refractivity contribution in [2.45, 2.75) is 47.9 Å². The van der Waals surface area contributed by atoms with Crippen molar-refractivity contribution in [3.8, 4) is 0 Å². The highest BCUT2D eigenvalue weighted by atomic mass is 79.9. The zero-order valence-corrected chi connectivity index (χ0v) is 14.7. The molecule has 1 saturated carbocycles. The van der Waals surface area contributed by atoms with Crippen LogP contribution in [0.3, 0.4) is 0 Å². The van der Waals surface area contributed by atoms with Crippen molar-refractivity contribution < 1.29 is 8.42 Å². The van der Waals surface area contributed by atoms with Crippen molar-refractivity contribution >= 4 is 49.2 Å². The average molecular weight is 401 g/mol. The predicted octanol–water partition coefficient (Wildman–Crippen LogP) is 4.37. The predicted molar refractivity (Wildman–Crippen MR) is 86.4 cm³/mol. The van der Waals surface area contributed by atoms with E-state index in [9.17, 15) is 8.42 Å². The number of hydrogen-bond donors (Lipinski definition) is 1. The lowest BCUT2D eigenvalue weighted by Crippen LogP contribution is -2.40. The Morgan fingerprint density at radius 3 is 2.30 bits per heavy atom. The zero-order chi connectivity index (χ0) is 14.8. The lowest BCUT2D eigenvalue weighted by atomic mass is 10.1. The summed E-state index contributed by atoms with van der Waals surface area (Å²) in [7, 11) is -3.60. The van der Waals surface area contributed by atoms with Gasteiger partial charge in [-0.3, -0.25) is 0 Å². The first-order valence-electron chi connectivity index (χ1n) is 6.51. The Labute approximate surface area is 138 Å². The number of hydrogen-bond acceptors (Lipinski definition) is 2. The highest BCUT2D eigenvalue weighted by molar-refractivity contribution is 9.09. The molecule has 0 aromatic heterocycles. The first-order chi connectivity index (χ1) is 9.38. The lowest BCUT2D eigenvalue weighted by Gasteiger charge is -2.21. The Bertz CT molecular complexity index is 559. The quantitative estimate of drug-likeness (QED) is 0.604. The summed E-state index contributed by atoms with van der Waals surface area (Å²) in [4.78, 5) is 0.272. The van der Waals surface area contributed by atoms with Crippen LogP contribution in [-0.2, 0) is 10.0 Å². The van der Waals surface area contributed by atoms with Gasteiger partial charge in [-0.25, -0.2) is 13.1 Å². The molecule has 1 aromatic rings. The maximum atomic E-state index is 12.4. The van der Waals surface area contributed by atoms with Crippen LogP contribution in [0.4, 0.5) is 0 Å². The van der Waals surface area contributed by atoms with Gasteiger partial charge in [-0.2, -0.15) is 0 Å². The van der Waals surface area contributed by atoms with E-state index in [1.807, 2.05) is 0 Å². The van der Waals surface area contributed by atoms with Crippen LogP contribution in [-0.4, -0.2) is 19.3 Å². The molecule has 0 heterocycles. The number of nitrogens with one attached hydrogen (secondary N) is 1. The van der Waals surface area contributed by atoms with E-state index in [0.717, 1.165) is 32.1 Å². The summed E-state index contributed by atoms with van der Waals surface area (Å²) in [6.07, 6.45) is 5.11. The van der Waals surface area contributed by atoms with Crippen LogP contribution in [0, 0.1) is 0 Å². The molecule has 1 aliphatic rings. The highest BCUT2D eigenvalue weighted by Crippen LogP contribution is 2.27. The first-order valence-corrected chi connectivity index (χ1v) is 9.66. The number of sulfonamides is 1. The van der Waals surface area contributed by atoms with E-state index >= 15 is 0 Å². The Morgan fingerprint density at radius 2 is 1.65 bits per heavy atom. The van der Waals surface area contributed by atoms with Gasteiger partial charge in [0.05, 0.1) is 4.90 Å². The van der Waals surface area contributed by atoms with E-state index in [0.29, 0.717) is 10.0 Å². The molecule has 0 amide bonds. The molecular weight excluding hydrogens is 385 g/mol. The van der Waals surface area contributed by atoms with E-state index in [1.165, 1.54) is 18.2 Å². The topological polar surface area (TPSA) is 46.2 Å². The van der Waals surface area contributed by atoms with Gasteiger partial charge in [0.15, 0.2) is 0 Å². The molecule has 0 aliphatic heterocycles. The van der Waals surface area contributed by atoms with Crippen LogP contribution in [0.25, 0.3) is 0 Å². The second kappa shape index (κ2) is 6.97. The zero-order valence-electron chi connectivity index (χ0n) is 10.8. The number of benzene rings is 1. The number of alkyl halides is 1. The van der Waals surface area contributed by atoms with E-state index < -0.39 is 10.0 Å². The molecule has 7 heteroatoms. The molecule has 0 bridgehead atoms. The fraction of sp³-hybridized carbons (Fsp3) is 0.538. The van der Waals surface area contributed by atoms with Crippen molar-refractivity contribution in [1.29, 1.82) is 0 Å². The van der Waals surface area contributed by atoms with Gasteiger partial charge in [-0.05, 0) is 31.0 Å². The third kappa shape index (κ3) is 4.34. The molecule has 0 radical (unpaired) electrons. The molecule has 1 aromatic carbocycles. The molecule has 20 heavy (non-hydrogen) atoms. The van der Waals surface area contributed by atoms with Crippen molar-refractivity contribution in [1.82, 2.24) is 4.72 Å². The molecule has 1 N–H and O–H groups in total. The monoisotopic (exact) mass is 399 g/mol. The molecule has 0 saturated heterocycles. The summed E-state index contributed by atoms with van der Waals surface area (Å²) >= 11 is 15.3. The fourth-order valence-electron chi connectivity index (χ4n) is 2.35. The van der Waals surface area contributed by atoms with Gasteiger partial charge in [-0.15, -0.1) is 0 Å². The summed E-state index contributed by atoms with van der Waals surface area (Å²) in [5.41, 5.74) is 0. The third-order valence-corrected chi connectivity index (χ3v) is 6.39. The van der Waals surface area contributed by atoms with Gasteiger partial charge in [0, 0.05) is 20.9 Å². The Morgan fingerprint density at radius 1 is 1.05 bits per heavy atom. The molecule has 2 atom stereocenters. The van der Waals surface area contributed by atoms with E-state index in [-0.39, 0.29) is 15.8 Å². The molecule has 0 spiro atoms. The summed E-state index contributed by atoms with van der Waals surface area (Å²) in [5, 5.41) is 0.628. The van der Waals surface area contributed by atoms with Gasteiger partial charge in [-0.1, -0.05) is 58.4 Å². The summed E-state index contributed by atoms with van der Waals surface area (Å²) < 4.78 is 27.6. The molecule has 1 fully saturated rings. The van der Waals surface area contributed by atoms with E-state index in [2.05, 4.69) is 20.7 Å². The van der Waals surface area contributed by atoms with Crippen LogP contribution in [0.2, 0.25) is 10.0 Å². The molecule has 2 rings (SSSR count). The van der Waals surface area contributed by atoms with Gasteiger partial charge in [0.1, 0.15) is 0 Å². The minimum absolute atomic E-state index is 0.0970. The van der Waals surface area contributed by atoms with Crippen molar-refractivity contribution in [3.63, 3.8) is 0 Å². The second-order valence-corrected chi connectivity index (χ2v) is 8.75. The Balaban J connectivity index is 2.21. The number of rotatable bonds is 3. The van der Waals surface area contributed by atoms with Crippen molar-refractivity contribution in [2.24, 2.45) is 0 Å². The normalized spacial score (nSPS) is 24.4. The maximum Gasteiger partial charge on any atom is 0.240 e. The Hall–Kier alpha value is 0.190. The lowest BCUT2D eigenvalue weighted by molar-refractivity contribution is 0.521. The van der Waals surface area contributed by atoms with E-state index in [4.69, 9.17) is 23.2 Å². The summed E-state index contributed by atoms with van der Waals surface area (Å²) in [6.45, 7) is 0. The Kier molecular flexibility index (Phi) is 5.77. The molecule has 2 unspecified atom stereocenters. The second-order valence-electron chi connectivity index (χ2n) is 4.99. The van der Waals surface area contributed by atoms with Crippen molar-refractivity contribution in [2.75, 3.05) is 0 Å². The van der Waals surface area contributed by atoms with Gasteiger partial charge in [0.2, 0.25) is 10.0 Å². The maximum absolute atomic E-state index is 12.4. The van der Waals surface area contributed by atoms with Crippen molar-refractivity contribution in [3.05, 3.63) is 28.2 Å². The third-order valence-electron chi connectivity index (χ3n) is 3.38. The standard InChI is InChI=1S/C13H16BrCl2NO2S/c14-12-4-2-1-3-5-13(12)17-20(18,19)11-7-9(15)6-10(16)8-11/h6-8,12-13,17H,1-5H2. The fourth-order valence-corrected chi connectivity index (χ4v) is 5.28. The molecule has 112 valence electrons. The molecule has 3 nitrogen and oxygen atoms in total. The van der Waals surface area contributed by atoms with Crippen LogP contribution in [0.5, 0.6) is 0 Å². The highest BCUT2D eigenvalue weighted by Gasteiger charge is 2.27. The SMILES string of the molecule is O=S(=O)(NC1CCCCCC1Br)c1cc(Cl)cc(Cl)c1. The largest absolute Gasteiger partial charge is 0.240 e. The first kappa shape index (κ1) is 16.6. The minimum Gasteiger partial charge on any atom is -0.207 e. The summed E-state index contributed by atoms with van der Waals surface area (Å²) in [6, 6.07) is 4.24. The molecule has 1 aliphatic carbocycles. The molecular formula is C13H16BrCl2NO2S. The minimum atomic E-state index is -3.60. The average Bonchev–Trinajstić information content (AvgIpc) is 2.53. The smallest absolute Gasteiger partial charge is 0.207 e. The van der Waals surface area contributed by atoms with Gasteiger partial charge in [0.25, 0.3) is 0 Å². The van der Waals surface area contributed by atoms with Crippen LogP contribution in [0.15, 0.2) is 23.1 Å².